The van der Waals surface area contributed by atoms with Crippen molar-refractivity contribution < 1.29 is 83.1 Å². The van der Waals surface area contributed by atoms with Crippen LogP contribution in [0, 0.1) is 5.92 Å². The van der Waals surface area contributed by atoms with Crippen LogP contribution >= 0.6 is 0 Å². The van der Waals surface area contributed by atoms with E-state index in [1.54, 1.807) is 44.2 Å². The summed E-state index contributed by atoms with van der Waals surface area (Å²) >= 11 is 0. The van der Waals surface area contributed by atoms with Gasteiger partial charge in [0.1, 0.15) is 42.3 Å². The number of aliphatic carboxylic acids is 2. The van der Waals surface area contributed by atoms with Crippen LogP contribution in [0.1, 0.15) is 77.7 Å². The Morgan fingerprint density at radius 1 is 0.568 bits per heavy atom. The third-order valence-electron chi connectivity index (χ3n) is 11.2. The number of aliphatic hydroxyl groups is 3. The summed E-state index contributed by atoms with van der Waals surface area (Å²) in [5.74, 6) is -13.3. The maximum Gasteiger partial charge on any atom is 0.326 e. The molecule has 1 rings (SSSR count). The summed E-state index contributed by atoms with van der Waals surface area (Å²) in [5.41, 5.74) is 17.0. The summed E-state index contributed by atoms with van der Waals surface area (Å²) in [4.78, 5) is 153. The van der Waals surface area contributed by atoms with Crippen LogP contribution in [0.3, 0.4) is 0 Å². The molecule has 0 unspecified atom stereocenters. The smallest absolute Gasteiger partial charge is 0.326 e. The minimum Gasteiger partial charge on any atom is -0.481 e. The predicted octanol–water partition coefficient (Wildman–Crippen LogP) is -7.06. The van der Waals surface area contributed by atoms with E-state index in [4.69, 9.17) is 17.2 Å². The van der Waals surface area contributed by atoms with Crippen LogP contribution in [0.2, 0.25) is 0 Å². The lowest BCUT2D eigenvalue weighted by atomic mass is 9.99. The zero-order valence-corrected chi connectivity index (χ0v) is 41.4. The van der Waals surface area contributed by atoms with Crippen LogP contribution in [0.15, 0.2) is 30.3 Å². The van der Waals surface area contributed by atoms with Crippen molar-refractivity contribution in [2.45, 2.75) is 133 Å². The minimum absolute atomic E-state index is 0.0439. The highest BCUT2D eigenvalue weighted by molar-refractivity contribution is 5.98. The normalized spacial score (nSPS) is 15.0. The summed E-state index contributed by atoms with van der Waals surface area (Å²) in [7, 11) is 0. The molecule has 0 saturated heterocycles. The first kappa shape index (κ1) is 64.7. The van der Waals surface area contributed by atoms with Crippen LogP contribution in [0.5, 0.6) is 0 Å². The highest BCUT2D eigenvalue weighted by atomic mass is 16.4. The fraction of sp³-hybridized carbons (Fsp3) is 0.600. The molecule has 29 nitrogen and oxygen atoms in total. The van der Waals surface area contributed by atoms with E-state index in [1.807, 2.05) is 0 Å². The summed E-state index contributed by atoms with van der Waals surface area (Å²) in [5, 5.41) is 69.6. The zero-order valence-electron chi connectivity index (χ0n) is 41.4. The molecule has 20 N–H and O–H groups in total. The summed E-state index contributed by atoms with van der Waals surface area (Å²) in [6, 6.07) is -4.40. The van der Waals surface area contributed by atoms with Gasteiger partial charge in [-0.05, 0) is 57.1 Å². The lowest BCUT2D eigenvalue weighted by Gasteiger charge is -2.28. The van der Waals surface area contributed by atoms with Crippen molar-refractivity contribution in [2.24, 2.45) is 23.1 Å². The van der Waals surface area contributed by atoms with E-state index in [0.717, 1.165) is 6.92 Å². The van der Waals surface area contributed by atoms with Crippen LogP contribution in [0.4, 0.5) is 0 Å². The SMILES string of the molecule is CC[C@H](C)[C@H](N)C(=O)N[C@@H](CO)C(=O)NCC(=O)N[C@@H](CCC(N)=O)C(=O)NCC(=O)N[C@@H](CO)C(=O)N[C@@H](Cc1ccccc1)C(=O)N[C@H](C(=O)N[C@@H](CCC(=O)O)C(=O)N[C@@H](CCCCN)C(=O)O)[C@@H](C)O. The van der Waals surface area contributed by atoms with Gasteiger partial charge < -0.3 is 90.6 Å². The van der Waals surface area contributed by atoms with Gasteiger partial charge in [-0.2, -0.15) is 0 Å². The molecule has 10 atom stereocenters. The van der Waals surface area contributed by atoms with E-state index in [0.29, 0.717) is 24.8 Å². The van der Waals surface area contributed by atoms with Crippen molar-refractivity contribution in [3.05, 3.63) is 35.9 Å². The highest BCUT2D eigenvalue weighted by Gasteiger charge is 2.35. The van der Waals surface area contributed by atoms with Gasteiger partial charge in [-0.1, -0.05) is 50.6 Å². The fourth-order valence-electron chi connectivity index (χ4n) is 6.61. The van der Waals surface area contributed by atoms with Gasteiger partial charge in [-0.25, -0.2) is 4.79 Å². The van der Waals surface area contributed by atoms with Gasteiger partial charge >= 0.3 is 11.9 Å². The van der Waals surface area contributed by atoms with Gasteiger partial charge in [0.05, 0.1) is 38.4 Å². The largest absolute Gasteiger partial charge is 0.481 e. The Morgan fingerprint density at radius 2 is 1.04 bits per heavy atom. The average molecular weight is 1050 g/mol. The first-order valence-corrected chi connectivity index (χ1v) is 23.7. The number of hydrogen-bond acceptors (Lipinski definition) is 17. The van der Waals surface area contributed by atoms with Crippen molar-refractivity contribution in [2.75, 3.05) is 32.8 Å². The maximum atomic E-state index is 13.9. The number of rotatable bonds is 36. The van der Waals surface area contributed by atoms with Crippen LogP contribution in [0.25, 0.3) is 0 Å². The standard InChI is InChI=1S/C45H72N12O17/c1-4-23(2)36(48)43(71)56-30(21-58)39(67)50-19-33(62)51-26(13-15-32(47)61)38(66)49-20-34(63)52-31(22-59)42(70)55-29(18-25-10-6-5-7-11-25)41(69)57-37(24(3)60)44(72)53-27(14-16-35(64)65)40(68)54-28(45(73)74)12-8-9-17-46/h5-7,10-11,23-24,26-31,36-37,58-60H,4,8-9,12-22,46,48H2,1-3H3,(H2,47,61)(H,49,66)(H,50,67)(H,51,62)(H,52,63)(H,53,72)(H,54,68)(H,55,70)(H,56,71)(H,57,69)(H,64,65)(H,73,74)/t23-,24+,26-,27-,28-,29-,30-,31-,36-,37-/m0/s1. The van der Waals surface area contributed by atoms with E-state index >= 15 is 0 Å². The Kier molecular flexibility index (Phi) is 29.8. The molecular formula is C45H72N12O17. The van der Waals surface area contributed by atoms with E-state index in [1.165, 1.54) is 0 Å². The second-order valence-corrected chi connectivity index (χ2v) is 17.2. The number of carboxylic acids is 2. The van der Waals surface area contributed by atoms with Crippen LogP contribution in [-0.2, 0) is 64.0 Å². The van der Waals surface area contributed by atoms with Gasteiger partial charge in [0.2, 0.25) is 59.1 Å². The van der Waals surface area contributed by atoms with Gasteiger partial charge in [0, 0.05) is 19.3 Å². The monoisotopic (exact) mass is 1050 g/mol. The Hall–Kier alpha value is -7.34. The number of amides is 10. The lowest BCUT2D eigenvalue weighted by Crippen LogP contribution is -2.61. The average Bonchev–Trinajstić information content (AvgIpc) is 3.35. The number of hydrogen-bond donors (Lipinski definition) is 17. The zero-order chi connectivity index (χ0) is 56.1. The Morgan fingerprint density at radius 3 is 1.55 bits per heavy atom. The highest BCUT2D eigenvalue weighted by Crippen LogP contribution is 2.09. The number of aliphatic hydroxyl groups excluding tert-OH is 3. The van der Waals surface area contributed by atoms with Gasteiger partial charge in [0.25, 0.3) is 0 Å². The topological polar surface area (TPSA) is 492 Å². The number of nitrogens with two attached hydrogens (primary N) is 3. The molecule has 0 heterocycles. The Balaban J connectivity index is 3.17. The summed E-state index contributed by atoms with van der Waals surface area (Å²) in [6.07, 6.45) is -2.76. The molecular weight excluding hydrogens is 981 g/mol. The molecule has 0 aromatic heterocycles. The summed E-state index contributed by atoms with van der Waals surface area (Å²) < 4.78 is 0. The summed E-state index contributed by atoms with van der Waals surface area (Å²) in [6.45, 7) is 1.24. The van der Waals surface area contributed by atoms with E-state index < -0.39 is 171 Å². The molecule has 0 saturated carbocycles. The van der Waals surface area contributed by atoms with Crippen molar-refractivity contribution >= 4 is 71.0 Å². The molecule has 0 bridgehead atoms. The predicted molar refractivity (Wildman–Crippen MR) is 259 cm³/mol. The van der Waals surface area contributed by atoms with Crippen molar-refractivity contribution in [3.63, 3.8) is 0 Å². The second kappa shape index (κ2) is 34.1. The maximum absolute atomic E-state index is 13.9. The number of nitrogens with one attached hydrogen (secondary N) is 9. The number of unbranched alkanes of at least 4 members (excludes halogenated alkanes) is 1. The minimum atomic E-state index is -1.87. The molecule has 29 heteroatoms. The number of primary amides is 1. The first-order chi connectivity index (χ1) is 34.9. The molecule has 0 aliphatic rings. The molecule has 0 aliphatic heterocycles. The van der Waals surface area contributed by atoms with Crippen LogP contribution in [-0.4, -0.2) is 184 Å². The number of benzene rings is 1. The van der Waals surface area contributed by atoms with Gasteiger partial charge in [-0.15, -0.1) is 0 Å². The van der Waals surface area contributed by atoms with Gasteiger partial charge in [0.15, 0.2) is 0 Å². The quantitative estimate of drug-likeness (QED) is 0.0278. The molecule has 10 amide bonds. The first-order valence-electron chi connectivity index (χ1n) is 23.7. The number of carbonyl (C=O) groups is 12. The number of carbonyl (C=O) groups excluding carboxylic acids is 10. The molecule has 0 radical (unpaired) electrons. The Bertz CT molecular complexity index is 2080. The van der Waals surface area contributed by atoms with Crippen LogP contribution < -0.4 is 65.1 Å². The molecule has 74 heavy (non-hydrogen) atoms. The Labute approximate surface area is 426 Å². The second-order valence-electron chi connectivity index (χ2n) is 17.2. The molecule has 1 aromatic carbocycles. The molecule has 414 valence electrons. The van der Waals surface area contributed by atoms with E-state index in [2.05, 4.69) is 47.9 Å². The molecule has 0 aliphatic carbocycles. The van der Waals surface area contributed by atoms with E-state index in [-0.39, 0.29) is 31.7 Å². The van der Waals surface area contributed by atoms with Crippen molar-refractivity contribution in [1.29, 1.82) is 0 Å². The lowest BCUT2D eigenvalue weighted by molar-refractivity contribution is -0.143. The molecule has 1 aromatic rings. The van der Waals surface area contributed by atoms with Crippen molar-refractivity contribution in [3.8, 4) is 0 Å². The van der Waals surface area contributed by atoms with Gasteiger partial charge in [-0.3, -0.25) is 52.7 Å². The van der Waals surface area contributed by atoms with E-state index in [9.17, 15) is 83.1 Å². The van der Waals surface area contributed by atoms with Crippen molar-refractivity contribution in [1.82, 2.24) is 47.9 Å². The molecule has 0 fully saturated rings. The number of carboxylic acid groups (broad SMARTS) is 2. The third-order valence-corrected chi connectivity index (χ3v) is 11.2. The molecule has 0 spiro atoms. The third kappa shape index (κ3) is 24.4. The fourth-order valence-corrected chi connectivity index (χ4v) is 6.61.